The molecule has 32 heavy (non-hydrogen) atoms. The zero-order valence-corrected chi connectivity index (χ0v) is 18.3. The van der Waals surface area contributed by atoms with E-state index in [4.69, 9.17) is 4.74 Å². The van der Waals surface area contributed by atoms with Crippen LogP contribution in [-0.4, -0.2) is 37.6 Å². The molecule has 1 aromatic carbocycles. The Labute approximate surface area is 186 Å². The lowest BCUT2D eigenvalue weighted by atomic mass is 9.97. The maximum atomic E-state index is 12.8. The number of carbonyl (C=O) groups excluding carboxylic acids is 2. The number of hydrogen-bond acceptors (Lipinski definition) is 7. The van der Waals surface area contributed by atoms with Crippen LogP contribution in [-0.2, 0) is 28.9 Å². The predicted octanol–water partition coefficient (Wildman–Crippen LogP) is 2.80. The molecule has 1 N–H and O–H groups in total. The van der Waals surface area contributed by atoms with E-state index in [9.17, 15) is 14.4 Å². The maximum absolute atomic E-state index is 12.8. The van der Waals surface area contributed by atoms with Crippen LogP contribution < -0.4 is 11.0 Å². The third-order valence-electron chi connectivity index (χ3n) is 5.51. The van der Waals surface area contributed by atoms with Crippen molar-refractivity contribution in [2.75, 3.05) is 11.9 Å². The number of rotatable bonds is 5. The number of benzene rings is 1. The van der Waals surface area contributed by atoms with Gasteiger partial charge in [-0.3, -0.25) is 4.79 Å². The highest BCUT2D eigenvalue weighted by Gasteiger charge is 2.22. The zero-order valence-electron chi connectivity index (χ0n) is 17.5. The SMILES string of the molecule is CCOC(=O)c1ccc(NC(=O)Cn2nc3c4c5c(sc4ncn3c2=O)CCCC5)cc1. The van der Waals surface area contributed by atoms with Gasteiger partial charge >= 0.3 is 11.7 Å². The van der Waals surface area contributed by atoms with Gasteiger partial charge in [-0.15, -0.1) is 16.4 Å². The molecule has 0 saturated carbocycles. The Balaban J connectivity index is 1.39. The number of amides is 1. The Bertz CT molecular complexity index is 1400. The van der Waals surface area contributed by atoms with Crippen molar-refractivity contribution in [3.05, 3.63) is 57.1 Å². The summed E-state index contributed by atoms with van der Waals surface area (Å²) in [5.74, 6) is -0.812. The monoisotopic (exact) mass is 451 g/mol. The lowest BCUT2D eigenvalue weighted by Gasteiger charge is -2.09. The van der Waals surface area contributed by atoms with Crippen molar-refractivity contribution in [2.45, 2.75) is 39.2 Å². The van der Waals surface area contributed by atoms with Crippen LogP contribution in [0.1, 0.15) is 40.6 Å². The first-order valence-corrected chi connectivity index (χ1v) is 11.3. The lowest BCUT2D eigenvalue weighted by molar-refractivity contribution is -0.117. The summed E-state index contributed by atoms with van der Waals surface area (Å²) < 4.78 is 7.52. The van der Waals surface area contributed by atoms with E-state index in [1.165, 1.54) is 21.2 Å². The number of fused-ring (bicyclic) bond motifs is 5. The molecule has 0 fully saturated rings. The summed E-state index contributed by atoms with van der Waals surface area (Å²) >= 11 is 1.66. The normalized spacial score (nSPS) is 13.3. The van der Waals surface area contributed by atoms with Crippen LogP contribution in [0.15, 0.2) is 35.4 Å². The number of esters is 1. The van der Waals surface area contributed by atoms with E-state index in [1.807, 2.05) is 0 Å². The average Bonchev–Trinajstić information content (AvgIpc) is 3.32. The number of nitrogens with zero attached hydrogens (tertiary/aromatic N) is 4. The van der Waals surface area contributed by atoms with E-state index in [0.29, 0.717) is 23.5 Å². The second-order valence-corrected chi connectivity index (χ2v) is 8.70. The molecule has 1 aliphatic carbocycles. The van der Waals surface area contributed by atoms with E-state index in [1.54, 1.807) is 42.5 Å². The van der Waals surface area contributed by atoms with Gasteiger partial charge in [0.25, 0.3) is 0 Å². The average molecular weight is 452 g/mol. The number of nitrogens with one attached hydrogen (secondary N) is 1. The molecule has 3 aromatic heterocycles. The Morgan fingerprint density at radius 3 is 2.75 bits per heavy atom. The largest absolute Gasteiger partial charge is 0.462 e. The third kappa shape index (κ3) is 3.56. The number of hydrogen-bond donors (Lipinski definition) is 1. The topological polar surface area (TPSA) is 108 Å². The van der Waals surface area contributed by atoms with Crippen molar-refractivity contribution < 1.29 is 14.3 Å². The van der Waals surface area contributed by atoms with Crippen LogP contribution in [0.2, 0.25) is 0 Å². The molecule has 9 nitrogen and oxygen atoms in total. The second-order valence-electron chi connectivity index (χ2n) is 7.62. The van der Waals surface area contributed by atoms with E-state index in [-0.39, 0.29) is 6.54 Å². The van der Waals surface area contributed by atoms with Crippen LogP contribution in [0.25, 0.3) is 15.9 Å². The summed E-state index contributed by atoms with van der Waals surface area (Å²) in [4.78, 5) is 43.8. The highest BCUT2D eigenvalue weighted by atomic mass is 32.1. The molecule has 3 heterocycles. The van der Waals surface area contributed by atoms with Crippen molar-refractivity contribution in [2.24, 2.45) is 0 Å². The van der Waals surface area contributed by atoms with Gasteiger partial charge in [-0.2, -0.15) is 0 Å². The molecule has 10 heteroatoms. The molecule has 0 radical (unpaired) electrons. The number of carbonyl (C=O) groups is 2. The summed E-state index contributed by atoms with van der Waals surface area (Å²) in [5, 5.41) is 8.13. The molecule has 0 bridgehead atoms. The lowest BCUT2D eigenvalue weighted by Crippen LogP contribution is -2.28. The van der Waals surface area contributed by atoms with Gasteiger partial charge in [0, 0.05) is 10.6 Å². The van der Waals surface area contributed by atoms with Gasteiger partial charge < -0.3 is 10.1 Å². The fourth-order valence-corrected chi connectivity index (χ4v) is 5.25. The van der Waals surface area contributed by atoms with Crippen LogP contribution in [0.5, 0.6) is 0 Å². The minimum atomic E-state index is -0.419. The number of anilines is 1. The molecule has 0 saturated heterocycles. The minimum Gasteiger partial charge on any atom is -0.462 e. The number of ether oxygens (including phenoxy) is 1. The van der Waals surface area contributed by atoms with Gasteiger partial charge in [-0.1, -0.05) is 0 Å². The first kappa shape index (κ1) is 20.4. The molecular formula is C22H21N5O4S. The highest BCUT2D eigenvalue weighted by molar-refractivity contribution is 7.19. The summed E-state index contributed by atoms with van der Waals surface area (Å²) in [6.07, 6.45) is 5.75. The summed E-state index contributed by atoms with van der Waals surface area (Å²) in [6, 6.07) is 6.38. The third-order valence-corrected chi connectivity index (χ3v) is 6.71. The van der Waals surface area contributed by atoms with E-state index < -0.39 is 17.6 Å². The second kappa shape index (κ2) is 8.19. The summed E-state index contributed by atoms with van der Waals surface area (Å²) in [7, 11) is 0. The molecule has 4 aromatic rings. The van der Waals surface area contributed by atoms with Gasteiger partial charge in [0.2, 0.25) is 5.91 Å². The molecule has 164 valence electrons. The Kier molecular flexibility index (Phi) is 5.22. The molecule has 0 aliphatic heterocycles. The van der Waals surface area contributed by atoms with Crippen molar-refractivity contribution in [3.63, 3.8) is 0 Å². The van der Waals surface area contributed by atoms with Crippen LogP contribution in [0, 0.1) is 0 Å². The number of aryl methyl sites for hydroxylation is 2. The molecule has 0 unspecified atom stereocenters. The van der Waals surface area contributed by atoms with Crippen molar-refractivity contribution >= 4 is 44.8 Å². The first-order valence-electron chi connectivity index (χ1n) is 10.5. The van der Waals surface area contributed by atoms with Gasteiger partial charge in [-0.25, -0.2) is 23.7 Å². The van der Waals surface area contributed by atoms with Crippen molar-refractivity contribution in [1.29, 1.82) is 0 Å². The van der Waals surface area contributed by atoms with Gasteiger partial charge in [0.15, 0.2) is 5.65 Å². The molecular weight excluding hydrogens is 430 g/mol. The Morgan fingerprint density at radius 1 is 1.19 bits per heavy atom. The quantitative estimate of drug-likeness (QED) is 0.468. The Morgan fingerprint density at radius 2 is 1.97 bits per heavy atom. The molecule has 1 amide bonds. The van der Waals surface area contributed by atoms with Gasteiger partial charge in [-0.05, 0) is 62.4 Å². The summed E-state index contributed by atoms with van der Waals surface area (Å²) in [6.45, 7) is 1.80. The first-order chi connectivity index (χ1) is 15.5. The molecule has 0 atom stereocenters. The Hall–Kier alpha value is -3.53. The maximum Gasteiger partial charge on any atom is 0.352 e. The fourth-order valence-electron chi connectivity index (χ4n) is 4.02. The fraction of sp³-hybridized carbons (Fsp3) is 0.318. The van der Waals surface area contributed by atoms with E-state index in [0.717, 1.165) is 40.6 Å². The van der Waals surface area contributed by atoms with Gasteiger partial charge in [0.05, 0.1) is 17.6 Å². The van der Waals surface area contributed by atoms with Crippen LogP contribution in [0.3, 0.4) is 0 Å². The predicted molar refractivity (Wildman–Crippen MR) is 120 cm³/mol. The standard InChI is InChI=1S/C22H21N5O4S/c1-2-31-21(29)13-7-9-14(10-8-13)24-17(28)11-27-22(30)26-12-23-20-18(19(26)25-27)15-5-3-4-6-16(15)32-20/h7-10,12H,2-6,11H2,1H3,(H,24,28). The van der Waals surface area contributed by atoms with Gasteiger partial charge in [0.1, 0.15) is 17.7 Å². The zero-order chi connectivity index (χ0) is 22.2. The summed E-state index contributed by atoms with van der Waals surface area (Å²) in [5.41, 5.74) is 2.29. The number of thiophene rings is 1. The molecule has 0 spiro atoms. The van der Waals surface area contributed by atoms with Crippen LogP contribution in [0.4, 0.5) is 5.69 Å². The van der Waals surface area contributed by atoms with Crippen molar-refractivity contribution in [1.82, 2.24) is 19.2 Å². The smallest absolute Gasteiger partial charge is 0.352 e. The highest BCUT2D eigenvalue weighted by Crippen LogP contribution is 2.36. The van der Waals surface area contributed by atoms with E-state index in [2.05, 4.69) is 15.4 Å². The van der Waals surface area contributed by atoms with E-state index >= 15 is 0 Å². The number of aromatic nitrogens is 4. The van der Waals surface area contributed by atoms with Crippen LogP contribution >= 0.6 is 11.3 Å². The molecule has 1 aliphatic rings. The minimum absolute atomic E-state index is 0.228. The van der Waals surface area contributed by atoms with Crippen molar-refractivity contribution in [3.8, 4) is 0 Å². The molecule has 5 rings (SSSR count).